The zero-order valence-corrected chi connectivity index (χ0v) is 36.6. The van der Waals surface area contributed by atoms with E-state index in [9.17, 15) is 28.8 Å². The van der Waals surface area contributed by atoms with Crippen LogP contribution >= 0.6 is 0 Å². The number of carbonyl (C=O) groups excluding carboxylic acids is 6. The van der Waals surface area contributed by atoms with Crippen molar-refractivity contribution in [1.29, 1.82) is 0 Å². The van der Waals surface area contributed by atoms with Gasteiger partial charge in [0.15, 0.2) is 5.82 Å². The lowest BCUT2D eigenvalue weighted by Gasteiger charge is -2.43. The maximum Gasteiger partial charge on any atom is 0.255 e. The molecule has 4 aliphatic heterocycles. The molecule has 5 aliphatic rings. The molecule has 0 radical (unpaired) electrons. The van der Waals surface area contributed by atoms with E-state index in [1.165, 1.54) is 4.90 Å². The monoisotopic (exact) mass is 879 g/mol. The van der Waals surface area contributed by atoms with Gasteiger partial charge in [-0.1, -0.05) is 25.8 Å². The molecule has 64 heavy (non-hydrogen) atoms. The third-order valence-electron chi connectivity index (χ3n) is 12.8. The molecular weight excluding hydrogens is 823 g/mol. The van der Waals surface area contributed by atoms with Crippen LogP contribution in [-0.4, -0.2) is 139 Å². The highest BCUT2D eigenvalue weighted by molar-refractivity contribution is 6.07. The number of ether oxygens (including phenoxy) is 2. The van der Waals surface area contributed by atoms with Crippen molar-refractivity contribution in [2.24, 2.45) is 0 Å². The second-order valence-corrected chi connectivity index (χ2v) is 17.0. The number of likely N-dealkylation sites (N-methyl/N-ethyl adjacent to an activating group) is 1. The van der Waals surface area contributed by atoms with Crippen LogP contribution in [0.1, 0.15) is 84.6 Å². The number of carbonyl (C=O) groups is 6. The van der Waals surface area contributed by atoms with Crippen molar-refractivity contribution < 1.29 is 38.2 Å². The summed E-state index contributed by atoms with van der Waals surface area (Å²) in [5.41, 5.74) is 3.31. The fraction of sp³-hybridized carbons (Fsp3) is 0.511. The van der Waals surface area contributed by atoms with Crippen molar-refractivity contribution in [2.75, 3.05) is 80.5 Å². The molecule has 0 spiro atoms. The van der Waals surface area contributed by atoms with Crippen LogP contribution in [0.2, 0.25) is 0 Å². The fourth-order valence-electron chi connectivity index (χ4n) is 9.48. The highest BCUT2D eigenvalue weighted by Crippen LogP contribution is 2.40. The van der Waals surface area contributed by atoms with Gasteiger partial charge in [0.2, 0.25) is 29.6 Å². The summed E-state index contributed by atoms with van der Waals surface area (Å²) in [7, 11) is 3.33. The summed E-state index contributed by atoms with van der Waals surface area (Å²) in [5, 5.41) is 14.9. The van der Waals surface area contributed by atoms with Gasteiger partial charge in [-0.05, 0) is 62.4 Å². The average molecular weight is 880 g/mol. The standard InChI is InChI=1S/C45H57N11O8/c1-4-34-44(62)53(2)36-23-47-45(52-40(36)56(34)29-8-5-6-9-29)50-33-13-12-27(22-37(33)63-3)41(59)48-28-16-19-54(24-28)20-17-46-18-21-64-26-39(58)49-32-11-7-10-30-31(32)25-55(43(30)61)35-14-15-38(57)51-42(35)60/h7,10-13,22-23,28-29,34-35,46H,4-6,8-9,14-21,24-26H2,1-3H3,(H,48,59)(H,49,58)(H,47,50,52)(H,51,57,60)/t28?,34-,35?/m1/s1. The van der Waals surface area contributed by atoms with Crippen LogP contribution in [0.15, 0.2) is 42.6 Å². The first kappa shape index (κ1) is 44.4. The number of hydrogen-bond donors (Lipinski definition) is 5. The summed E-state index contributed by atoms with van der Waals surface area (Å²) in [6.45, 7) is 5.93. The Morgan fingerprint density at radius 1 is 1.00 bits per heavy atom. The number of nitrogens with zero attached hydrogens (tertiary/aromatic N) is 6. The molecule has 5 heterocycles. The number of amides is 6. The second-order valence-electron chi connectivity index (χ2n) is 17.0. The van der Waals surface area contributed by atoms with Crippen LogP contribution in [-0.2, 0) is 30.5 Å². The number of rotatable bonds is 17. The third kappa shape index (κ3) is 9.51. The molecule has 3 atom stereocenters. The van der Waals surface area contributed by atoms with Gasteiger partial charge in [-0.2, -0.15) is 4.98 Å². The Kier molecular flexibility index (Phi) is 13.7. The van der Waals surface area contributed by atoms with Crippen LogP contribution in [0.5, 0.6) is 5.75 Å². The van der Waals surface area contributed by atoms with Gasteiger partial charge in [-0.3, -0.25) is 39.0 Å². The van der Waals surface area contributed by atoms with Crippen molar-refractivity contribution in [1.82, 2.24) is 35.7 Å². The Labute approximate surface area is 372 Å². The number of benzene rings is 2. The van der Waals surface area contributed by atoms with E-state index in [4.69, 9.17) is 14.5 Å². The summed E-state index contributed by atoms with van der Waals surface area (Å²) in [6.07, 6.45) is 7.95. The number of imide groups is 1. The van der Waals surface area contributed by atoms with Gasteiger partial charge in [0.25, 0.3) is 11.8 Å². The number of likely N-dealkylation sites (tertiary alicyclic amines) is 1. The molecule has 19 nitrogen and oxygen atoms in total. The molecule has 340 valence electrons. The normalized spacial score (nSPS) is 21.2. The maximum atomic E-state index is 13.4. The summed E-state index contributed by atoms with van der Waals surface area (Å²) in [4.78, 5) is 93.6. The lowest BCUT2D eigenvalue weighted by molar-refractivity contribution is -0.137. The molecule has 2 aromatic carbocycles. The summed E-state index contributed by atoms with van der Waals surface area (Å²) < 4.78 is 11.3. The van der Waals surface area contributed by atoms with Crippen molar-refractivity contribution in [3.63, 3.8) is 0 Å². The number of piperidine rings is 1. The van der Waals surface area contributed by atoms with Gasteiger partial charge in [0.05, 0.1) is 25.6 Å². The molecule has 1 aromatic heterocycles. The fourth-order valence-corrected chi connectivity index (χ4v) is 9.48. The topological polar surface area (TPSA) is 220 Å². The average Bonchev–Trinajstić information content (AvgIpc) is 4.06. The van der Waals surface area contributed by atoms with Gasteiger partial charge in [0.1, 0.15) is 30.1 Å². The first-order valence-corrected chi connectivity index (χ1v) is 22.3. The van der Waals surface area contributed by atoms with Gasteiger partial charge in [-0.15, -0.1) is 0 Å². The van der Waals surface area contributed by atoms with E-state index in [1.807, 2.05) is 6.92 Å². The number of anilines is 5. The molecule has 2 unspecified atom stereocenters. The number of nitrogens with one attached hydrogen (secondary N) is 5. The zero-order chi connectivity index (χ0) is 44.9. The summed E-state index contributed by atoms with van der Waals surface area (Å²) in [6, 6.07) is 9.54. The Morgan fingerprint density at radius 3 is 2.61 bits per heavy atom. The predicted octanol–water partition coefficient (Wildman–Crippen LogP) is 2.54. The largest absolute Gasteiger partial charge is 0.495 e. The highest BCUT2D eigenvalue weighted by Gasteiger charge is 2.42. The Balaban J connectivity index is 0.748. The van der Waals surface area contributed by atoms with E-state index in [0.29, 0.717) is 78.1 Å². The first-order valence-electron chi connectivity index (χ1n) is 22.3. The molecule has 0 bridgehead atoms. The third-order valence-corrected chi connectivity index (χ3v) is 12.8. The van der Waals surface area contributed by atoms with Crippen molar-refractivity contribution in [2.45, 2.75) is 89.0 Å². The lowest BCUT2D eigenvalue weighted by atomic mass is 10.0. The van der Waals surface area contributed by atoms with Crippen molar-refractivity contribution in [3.8, 4) is 5.75 Å². The lowest BCUT2D eigenvalue weighted by Crippen LogP contribution is -2.55. The van der Waals surface area contributed by atoms with Crippen LogP contribution in [0.3, 0.4) is 0 Å². The van der Waals surface area contributed by atoms with Crippen molar-refractivity contribution >= 4 is 64.3 Å². The predicted molar refractivity (Wildman–Crippen MR) is 238 cm³/mol. The van der Waals surface area contributed by atoms with Gasteiger partial charge in [-0.25, -0.2) is 4.98 Å². The Hall–Kier alpha value is -6.18. The molecule has 3 aromatic rings. The van der Waals surface area contributed by atoms with Gasteiger partial charge >= 0.3 is 0 Å². The highest BCUT2D eigenvalue weighted by atomic mass is 16.5. The van der Waals surface area contributed by atoms with E-state index in [1.54, 1.807) is 61.7 Å². The van der Waals surface area contributed by atoms with Crippen LogP contribution in [0.25, 0.3) is 0 Å². The van der Waals surface area contributed by atoms with Gasteiger partial charge in [0, 0.05) is 87.2 Å². The van der Waals surface area contributed by atoms with E-state index >= 15 is 0 Å². The smallest absolute Gasteiger partial charge is 0.255 e. The Morgan fingerprint density at radius 2 is 1.83 bits per heavy atom. The zero-order valence-electron chi connectivity index (χ0n) is 36.6. The quantitative estimate of drug-likeness (QED) is 0.0973. The molecular formula is C45H57N11O8. The van der Waals surface area contributed by atoms with Crippen LogP contribution < -0.4 is 41.1 Å². The molecule has 1 saturated carbocycles. The van der Waals surface area contributed by atoms with E-state index in [-0.39, 0.29) is 73.7 Å². The summed E-state index contributed by atoms with van der Waals surface area (Å²) in [5.74, 6) is -0.0363. The minimum atomic E-state index is -0.737. The number of fused-ring (bicyclic) bond motifs is 2. The minimum Gasteiger partial charge on any atom is -0.495 e. The molecule has 5 N–H and O–H groups in total. The molecule has 8 rings (SSSR count). The summed E-state index contributed by atoms with van der Waals surface area (Å²) >= 11 is 0. The van der Waals surface area contributed by atoms with Gasteiger partial charge < -0.3 is 45.4 Å². The SMILES string of the molecule is CC[C@@H]1C(=O)N(C)c2cnc(Nc3ccc(C(=O)NC4CCN(CCNCCOCC(=O)Nc5cccc6c5CN(C5CCC(=O)NC5=O)C6=O)C4)cc3OC)nc2N1C1CCCC1. The van der Waals surface area contributed by atoms with E-state index < -0.39 is 11.9 Å². The second kappa shape index (κ2) is 19.7. The van der Waals surface area contributed by atoms with Crippen LogP contribution in [0.4, 0.5) is 28.8 Å². The first-order chi connectivity index (χ1) is 31.0. The number of aromatic nitrogens is 2. The van der Waals surface area contributed by atoms with E-state index in [2.05, 4.69) is 41.4 Å². The minimum absolute atomic E-state index is 0.00807. The number of hydrogen-bond acceptors (Lipinski definition) is 14. The van der Waals surface area contributed by atoms with E-state index in [0.717, 1.165) is 51.0 Å². The molecule has 6 amide bonds. The Bertz CT molecular complexity index is 2290. The van der Waals surface area contributed by atoms with Crippen molar-refractivity contribution in [3.05, 3.63) is 59.3 Å². The molecule has 19 heteroatoms. The molecule has 2 saturated heterocycles. The maximum absolute atomic E-state index is 13.4. The van der Waals surface area contributed by atoms with Crippen LogP contribution in [0, 0.1) is 0 Å². The molecule has 3 fully saturated rings. The molecule has 1 aliphatic carbocycles. The number of methoxy groups -OCH3 is 1.